The summed E-state index contributed by atoms with van der Waals surface area (Å²) in [6.07, 6.45) is 0.471. The van der Waals surface area contributed by atoms with Gasteiger partial charge in [0, 0.05) is 25.9 Å². The summed E-state index contributed by atoms with van der Waals surface area (Å²) in [5, 5.41) is 14.7. The van der Waals surface area contributed by atoms with E-state index in [1.54, 1.807) is 19.1 Å². The number of amides is 4. The van der Waals surface area contributed by atoms with Gasteiger partial charge in [-0.25, -0.2) is 9.38 Å². The molecule has 15 nitrogen and oxygen atoms in total. The van der Waals surface area contributed by atoms with Gasteiger partial charge in [0.2, 0.25) is 23.6 Å². The minimum Gasteiger partial charge on any atom is -0.508 e. The maximum Gasteiger partial charge on any atom is 0.245 e. The van der Waals surface area contributed by atoms with Crippen LogP contribution in [0, 0.1) is 5.82 Å². The second-order valence-electron chi connectivity index (χ2n) is 10.1. The first kappa shape index (κ1) is 35.8. The summed E-state index contributed by atoms with van der Waals surface area (Å²) in [4.78, 5) is 61.1. The summed E-state index contributed by atoms with van der Waals surface area (Å²) in [7, 11) is 0. The number of phenols is 1. The summed E-state index contributed by atoms with van der Waals surface area (Å²) < 4.78 is 13.3. The fourth-order valence-electron chi connectivity index (χ4n) is 4.44. The number of halogens is 1. The van der Waals surface area contributed by atoms with Crippen LogP contribution in [0.15, 0.2) is 58.5 Å². The number of phenolic OH excluding ortho intramolecular Hbond substituents is 1. The molecule has 0 bridgehead atoms. The normalized spacial score (nSPS) is 12.6. The Morgan fingerprint density at radius 1 is 0.889 bits per heavy atom. The molecular formula is C29H41FN10O5. The molecule has 0 aliphatic rings. The van der Waals surface area contributed by atoms with Gasteiger partial charge < -0.3 is 49.3 Å². The number of primary amides is 1. The van der Waals surface area contributed by atoms with Gasteiger partial charge in [-0.1, -0.05) is 24.3 Å². The monoisotopic (exact) mass is 628 g/mol. The second kappa shape index (κ2) is 17.6. The average molecular weight is 629 g/mol. The van der Waals surface area contributed by atoms with E-state index in [2.05, 4.69) is 20.6 Å². The van der Waals surface area contributed by atoms with Gasteiger partial charge in [0.05, 0.1) is 6.54 Å². The zero-order valence-corrected chi connectivity index (χ0v) is 25.0. The maximum atomic E-state index is 13.3. The fraction of sp³-hybridized carbons (Fsp3) is 0.379. The lowest BCUT2D eigenvalue weighted by Crippen LogP contribution is -2.54. The third-order valence-corrected chi connectivity index (χ3v) is 6.67. The number of carbonyl (C=O) groups excluding carboxylic acids is 4. The van der Waals surface area contributed by atoms with Crippen LogP contribution in [-0.4, -0.2) is 83.3 Å². The number of carbonyl (C=O) groups is 4. The molecule has 244 valence electrons. The summed E-state index contributed by atoms with van der Waals surface area (Å²) in [5.74, 6) is -3.65. The van der Waals surface area contributed by atoms with Crippen LogP contribution in [-0.2, 0) is 32.0 Å². The Labute approximate surface area is 260 Å². The Bertz CT molecular complexity index is 1360. The predicted molar refractivity (Wildman–Crippen MR) is 167 cm³/mol. The van der Waals surface area contributed by atoms with Crippen molar-refractivity contribution in [2.75, 3.05) is 19.6 Å². The molecule has 2 aromatic rings. The van der Waals surface area contributed by atoms with Crippen molar-refractivity contribution in [2.24, 2.45) is 38.7 Å². The van der Waals surface area contributed by atoms with Gasteiger partial charge in [0.15, 0.2) is 11.9 Å². The standard InChI is InChI=1S/C29H41FN10O5/c1-2-40(23(25(31)43)15-18-5-9-19(30)10-6-18)24(42)16-37-26(44)21(4-3-13-36-28(32)33)38-27(45)22(39-29(34)35)14-17-7-11-20(41)12-8-17/h5-12,21-23,41H,2-4,13-16H2,1H3,(H2,31,43)(H,37,44)(H,38,45)(H4,32,33,36)(H4,34,35,39)/t21-,22+,23-/m1/s1. The molecule has 45 heavy (non-hydrogen) atoms. The minimum absolute atomic E-state index is 0.0351. The van der Waals surface area contributed by atoms with Crippen molar-refractivity contribution in [2.45, 2.75) is 50.7 Å². The number of likely N-dealkylation sites (N-methyl/N-ethyl adjacent to an activating group) is 1. The molecule has 0 aliphatic carbocycles. The highest BCUT2D eigenvalue weighted by atomic mass is 19.1. The van der Waals surface area contributed by atoms with Gasteiger partial charge in [-0.2, -0.15) is 0 Å². The number of nitrogens with two attached hydrogens (primary N) is 5. The quantitative estimate of drug-likeness (QED) is 0.0563. The molecule has 16 heteroatoms. The number of nitrogens with one attached hydrogen (secondary N) is 2. The predicted octanol–water partition coefficient (Wildman–Crippen LogP) is -1.68. The zero-order valence-electron chi connectivity index (χ0n) is 25.0. The van der Waals surface area contributed by atoms with Crippen LogP contribution in [0.2, 0.25) is 0 Å². The Morgan fingerprint density at radius 3 is 2.04 bits per heavy atom. The zero-order chi connectivity index (χ0) is 33.5. The third-order valence-electron chi connectivity index (χ3n) is 6.67. The molecule has 0 aromatic heterocycles. The van der Waals surface area contributed by atoms with E-state index in [0.717, 1.165) is 0 Å². The van der Waals surface area contributed by atoms with Gasteiger partial charge in [-0.15, -0.1) is 0 Å². The molecule has 0 saturated carbocycles. The van der Waals surface area contributed by atoms with Crippen molar-refractivity contribution in [1.29, 1.82) is 0 Å². The van der Waals surface area contributed by atoms with Gasteiger partial charge in [0.25, 0.3) is 0 Å². The largest absolute Gasteiger partial charge is 0.508 e. The van der Waals surface area contributed by atoms with E-state index in [1.807, 2.05) is 0 Å². The van der Waals surface area contributed by atoms with E-state index >= 15 is 0 Å². The fourth-order valence-corrected chi connectivity index (χ4v) is 4.44. The number of rotatable bonds is 17. The van der Waals surface area contributed by atoms with Crippen molar-refractivity contribution >= 4 is 35.5 Å². The molecule has 13 N–H and O–H groups in total. The molecule has 0 aliphatic heterocycles. The lowest BCUT2D eigenvalue weighted by atomic mass is 10.0. The summed E-state index contributed by atoms with van der Waals surface area (Å²) in [6, 6.07) is 8.19. The molecule has 2 aromatic carbocycles. The Hall–Kier alpha value is -5.41. The molecule has 4 amide bonds. The molecule has 3 atom stereocenters. The van der Waals surface area contributed by atoms with Crippen molar-refractivity contribution in [3.63, 3.8) is 0 Å². The summed E-state index contributed by atoms with van der Waals surface area (Å²) >= 11 is 0. The van der Waals surface area contributed by atoms with E-state index in [9.17, 15) is 28.7 Å². The lowest BCUT2D eigenvalue weighted by molar-refractivity contribution is -0.139. The highest BCUT2D eigenvalue weighted by Gasteiger charge is 2.29. The molecule has 0 saturated heterocycles. The van der Waals surface area contributed by atoms with Crippen molar-refractivity contribution < 1.29 is 28.7 Å². The highest BCUT2D eigenvalue weighted by Crippen LogP contribution is 2.14. The van der Waals surface area contributed by atoms with Crippen LogP contribution in [0.4, 0.5) is 4.39 Å². The van der Waals surface area contributed by atoms with Crippen LogP contribution in [0.5, 0.6) is 5.75 Å². The lowest BCUT2D eigenvalue weighted by Gasteiger charge is -2.29. The molecular weight excluding hydrogens is 587 g/mol. The molecule has 0 spiro atoms. The summed E-state index contributed by atoms with van der Waals surface area (Å²) in [6.45, 7) is 1.40. The van der Waals surface area contributed by atoms with E-state index < -0.39 is 54.1 Å². The number of hydrogen-bond acceptors (Lipinski definition) is 7. The van der Waals surface area contributed by atoms with Gasteiger partial charge in [0.1, 0.15) is 29.7 Å². The molecule has 0 radical (unpaired) electrons. The smallest absolute Gasteiger partial charge is 0.245 e. The second-order valence-corrected chi connectivity index (χ2v) is 10.1. The van der Waals surface area contributed by atoms with E-state index in [4.69, 9.17) is 28.7 Å². The van der Waals surface area contributed by atoms with Crippen LogP contribution >= 0.6 is 0 Å². The molecule has 0 fully saturated rings. The van der Waals surface area contributed by atoms with Gasteiger partial charge in [-0.3, -0.25) is 24.2 Å². The third kappa shape index (κ3) is 12.4. The molecule has 0 unspecified atom stereocenters. The first-order valence-corrected chi connectivity index (χ1v) is 14.1. The average Bonchev–Trinajstić information content (AvgIpc) is 2.98. The minimum atomic E-state index is -1.14. The molecule has 0 heterocycles. The number of aliphatic imine (C=N–C) groups is 2. The number of aromatic hydroxyl groups is 1. The van der Waals surface area contributed by atoms with Crippen molar-refractivity contribution in [3.05, 3.63) is 65.5 Å². The summed E-state index contributed by atoms with van der Waals surface area (Å²) in [5.41, 5.74) is 28.7. The van der Waals surface area contributed by atoms with Crippen molar-refractivity contribution in [3.8, 4) is 5.75 Å². The van der Waals surface area contributed by atoms with E-state index in [0.29, 0.717) is 11.1 Å². The van der Waals surface area contributed by atoms with Crippen LogP contribution in [0.25, 0.3) is 0 Å². The topological polar surface area (TPSA) is 271 Å². The SMILES string of the molecule is CCN(C(=O)CNC(=O)[C@@H](CCCN=C(N)N)NC(=O)[C@H](Cc1ccc(O)cc1)N=C(N)N)[C@H](Cc1ccc(F)cc1)C(N)=O. The Morgan fingerprint density at radius 2 is 1.49 bits per heavy atom. The van der Waals surface area contributed by atoms with E-state index in [1.165, 1.54) is 41.3 Å². The first-order valence-electron chi connectivity index (χ1n) is 14.1. The van der Waals surface area contributed by atoms with Crippen LogP contribution < -0.4 is 39.3 Å². The Kier molecular flexibility index (Phi) is 14.0. The number of guanidine groups is 2. The van der Waals surface area contributed by atoms with Crippen LogP contribution in [0.3, 0.4) is 0 Å². The molecule has 2 rings (SSSR count). The Balaban J connectivity index is 2.18. The maximum absolute atomic E-state index is 13.3. The number of benzene rings is 2. The van der Waals surface area contributed by atoms with Crippen LogP contribution in [0.1, 0.15) is 30.9 Å². The highest BCUT2D eigenvalue weighted by molar-refractivity contribution is 5.94. The van der Waals surface area contributed by atoms with Gasteiger partial charge >= 0.3 is 0 Å². The first-order chi connectivity index (χ1) is 21.3. The number of hydrogen-bond donors (Lipinski definition) is 8. The van der Waals surface area contributed by atoms with Crippen molar-refractivity contribution in [1.82, 2.24) is 15.5 Å². The van der Waals surface area contributed by atoms with E-state index in [-0.39, 0.29) is 56.4 Å². The number of nitrogens with zero attached hydrogens (tertiary/aromatic N) is 3. The van der Waals surface area contributed by atoms with Gasteiger partial charge in [-0.05, 0) is 55.2 Å².